The molecule has 1 nitrogen and oxygen atoms in total. The molecule has 2 bridgehead atoms. The Labute approximate surface area is 124 Å². The van der Waals surface area contributed by atoms with Crippen LogP contribution in [0.25, 0.3) is 0 Å². The van der Waals surface area contributed by atoms with Gasteiger partial charge in [0.05, 0.1) is 5.44 Å². The topological polar surface area (TPSA) is 12.9 Å². The van der Waals surface area contributed by atoms with E-state index in [1.165, 1.54) is 31.1 Å². The first kappa shape index (κ1) is 14.0. The van der Waals surface area contributed by atoms with Gasteiger partial charge < -0.3 is 0 Å². The summed E-state index contributed by atoms with van der Waals surface area (Å²) in [6, 6.07) is 6.39. The van der Waals surface area contributed by atoms with E-state index in [0.717, 1.165) is 0 Å². The number of allylic oxidation sites excluding steroid dienone is 4. The number of aromatic nitrogens is 1. The van der Waals surface area contributed by atoms with Gasteiger partial charge in [0.2, 0.25) is 0 Å². The van der Waals surface area contributed by atoms with E-state index in [1.807, 2.05) is 12.3 Å². The molecule has 1 unspecified atom stereocenters. The first-order valence-corrected chi connectivity index (χ1v) is 8.95. The lowest BCUT2D eigenvalue weighted by molar-refractivity contribution is 0.723. The van der Waals surface area contributed by atoms with Crippen LogP contribution in [0, 0.1) is 0 Å². The lowest BCUT2D eigenvalue weighted by atomic mass is 9.95. The molecule has 2 aliphatic carbocycles. The quantitative estimate of drug-likeness (QED) is 0.685. The number of hydrogen-bond acceptors (Lipinski definition) is 1. The Kier molecular flexibility index (Phi) is 3.58. The van der Waals surface area contributed by atoms with E-state index in [9.17, 15) is 0 Å². The normalized spacial score (nSPS) is 20.6. The van der Waals surface area contributed by atoms with Crippen LogP contribution >= 0.6 is 7.92 Å². The number of nitrogens with zero attached hydrogens (tertiary/aromatic N) is 1. The Morgan fingerprint density at radius 2 is 1.85 bits per heavy atom. The molecule has 1 heterocycles. The van der Waals surface area contributed by atoms with E-state index in [4.69, 9.17) is 4.98 Å². The molecule has 106 valence electrons. The highest BCUT2D eigenvalue weighted by Gasteiger charge is 2.37. The van der Waals surface area contributed by atoms with Crippen molar-refractivity contribution in [3.63, 3.8) is 0 Å². The summed E-state index contributed by atoms with van der Waals surface area (Å²) in [5.74, 6) is 0. The molecular weight excluding hydrogens is 261 g/mol. The van der Waals surface area contributed by atoms with Crippen molar-refractivity contribution < 1.29 is 0 Å². The summed E-state index contributed by atoms with van der Waals surface area (Å²) in [6.07, 6.45) is 7.17. The molecule has 0 saturated heterocycles. The van der Waals surface area contributed by atoms with Crippen LogP contribution in [0.1, 0.15) is 53.4 Å². The Morgan fingerprint density at radius 1 is 1.10 bits per heavy atom. The fourth-order valence-electron chi connectivity index (χ4n) is 3.51. The lowest BCUT2D eigenvalue weighted by Gasteiger charge is -2.33. The van der Waals surface area contributed by atoms with Crippen LogP contribution < -0.4 is 5.44 Å². The fourth-order valence-corrected chi connectivity index (χ4v) is 6.51. The van der Waals surface area contributed by atoms with Gasteiger partial charge in [-0.05, 0) is 68.7 Å². The molecule has 1 aromatic heterocycles. The maximum absolute atomic E-state index is 4.71. The van der Waals surface area contributed by atoms with Crippen molar-refractivity contribution in [2.24, 2.45) is 0 Å². The molecule has 0 amide bonds. The van der Waals surface area contributed by atoms with Gasteiger partial charge in [-0.15, -0.1) is 0 Å². The van der Waals surface area contributed by atoms with Crippen LogP contribution in [0.4, 0.5) is 0 Å². The van der Waals surface area contributed by atoms with Crippen molar-refractivity contribution in [1.82, 2.24) is 4.98 Å². The van der Waals surface area contributed by atoms with E-state index in [0.29, 0.717) is 0 Å². The van der Waals surface area contributed by atoms with E-state index in [1.54, 1.807) is 22.0 Å². The third-order valence-corrected chi connectivity index (χ3v) is 7.54. The van der Waals surface area contributed by atoms with Gasteiger partial charge in [-0.25, -0.2) is 0 Å². The van der Waals surface area contributed by atoms with Crippen LogP contribution in [-0.4, -0.2) is 10.1 Å². The first-order chi connectivity index (χ1) is 9.48. The second-order valence-corrected chi connectivity index (χ2v) is 9.82. The number of rotatable bonds is 2. The van der Waals surface area contributed by atoms with Crippen LogP contribution in [0.2, 0.25) is 0 Å². The SMILES string of the molecule is CC1=C2CCCC(=C1P(c1ccccn1)C(C)(C)C)C2. The number of pyridine rings is 1. The molecule has 1 fully saturated rings. The molecule has 20 heavy (non-hydrogen) atoms. The van der Waals surface area contributed by atoms with Crippen LogP contribution in [-0.2, 0) is 0 Å². The molecule has 2 heteroatoms. The van der Waals surface area contributed by atoms with Crippen LogP contribution in [0.5, 0.6) is 0 Å². The Bertz CT molecular complexity index is 575. The van der Waals surface area contributed by atoms with Gasteiger partial charge in [-0.2, -0.15) is 0 Å². The first-order valence-electron chi connectivity index (χ1n) is 7.61. The van der Waals surface area contributed by atoms with E-state index >= 15 is 0 Å². The predicted octanol–water partition coefficient (Wildman–Crippen LogP) is 5.15. The average Bonchev–Trinajstić information content (AvgIpc) is 2.62. The summed E-state index contributed by atoms with van der Waals surface area (Å²) < 4.78 is 0. The second-order valence-electron chi connectivity index (χ2n) is 6.91. The molecule has 0 radical (unpaired) electrons. The van der Waals surface area contributed by atoms with Crippen molar-refractivity contribution in [2.45, 2.75) is 58.5 Å². The molecule has 2 aliphatic rings. The van der Waals surface area contributed by atoms with Gasteiger partial charge in [-0.3, -0.25) is 4.98 Å². The van der Waals surface area contributed by atoms with Gasteiger partial charge in [0.1, 0.15) is 0 Å². The smallest absolute Gasteiger partial charge is 0.0681 e. The zero-order valence-electron chi connectivity index (χ0n) is 13.0. The van der Waals surface area contributed by atoms with Gasteiger partial charge in [0.25, 0.3) is 0 Å². The third-order valence-electron chi connectivity index (χ3n) is 4.38. The number of fused-ring (bicyclic) bond motifs is 2. The highest BCUT2D eigenvalue weighted by atomic mass is 31.1. The highest BCUT2D eigenvalue weighted by molar-refractivity contribution is 7.71. The minimum atomic E-state index is -0.358. The largest absolute Gasteiger partial charge is 0.256 e. The summed E-state index contributed by atoms with van der Waals surface area (Å²) in [7, 11) is -0.358. The predicted molar refractivity (Wildman–Crippen MR) is 88.7 cm³/mol. The molecule has 1 aromatic rings. The summed E-state index contributed by atoms with van der Waals surface area (Å²) >= 11 is 0. The van der Waals surface area contributed by atoms with Gasteiger partial charge >= 0.3 is 0 Å². The zero-order valence-corrected chi connectivity index (χ0v) is 13.9. The molecule has 3 rings (SSSR count). The van der Waals surface area contributed by atoms with Crippen molar-refractivity contribution in [1.29, 1.82) is 0 Å². The minimum Gasteiger partial charge on any atom is -0.256 e. The monoisotopic (exact) mass is 285 g/mol. The van der Waals surface area contributed by atoms with Crippen molar-refractivity contribution >= 4 is 13.4 Å². The summed E-state index contributed by atoms with van der Waals surface area (Å²) in [5.41, 5.74) is 6.32. The molecular formula is C18H24NP. The van der Waals surface area contributed by atoms with Gasteiger partial charge in [0.15, 0.2) is 0 Å². The van der Waals surface area contributed by atoms with Crippen LogP contribution in [0.15, 0.2) is 46.4 Å². The molecule has 0 aromatic carbocycles. The molecule has 1 atom stereocenters. The number of hydrogen-bond donors (Lipinski definition) is 0. The zero-order chi connectivity index (χ0) is 14.3. The van der Waals surface area contributed by atoms with Crippen molar-refractivity contribution in [2.75, 3.05) is 0 Å². The second kappa shape index (κ2) is 5.11. The Balaban J connectivity index is 2.13. The maximum Gasteiger partial charge on any atom is 0.0681 e. The minimum absolute atomic E-state index is 0.269. The Hall–Kier alpha value is -0.940. The van der Waals surface area contributed by atoms with Gasteiger partial charge in [0, 0.05) is 6.20 Å². The van der Waals surface area contributed by atoms with Crippen LogP contribution in [0.3, 0.4) is 0 Å². The highest BCUT2D eigenvalue weighted by Crippen LogP contribution is 2.62. The third kappa shape index (κ3) is 2.37. The van der Waals surface area contributed by atoms with Crippen molar-refractivity contribution in [3.05, 3.63) is 46.4 Å². The molecule has 0 aliphatic heterocycles. The molecule has 0 N–H and O–H groups in total. The van der Waals surface area contributed by atoms with Crippen molar-refractivity contribution in [3.8, 4) is 0 Å². The summed E-state index contributed by atoms with van der Waals surface area (Å²) in [4.78, 5) is 4.71. The Morgan fingerprint density at radius 3 is 2.45 bits per heavy atom. The molecule has 1 saturated carbocycles. The standard InChI is InChI=1S/C18H24NP/c1-13-14-8-7-9-15(12-14)17(13)20(18(2,3)4)16-10-5-6-11-19-16/h5-6,10-11H,7-9,12H2,1-4H3. The summed E-state index contributed by atoms with van der Waals surface area (Å²) in [6.45, 7) is 9.48. The average molecular weight is 285 g/mol. The fraction of sp³-hybridized carbons (Fsp3) is 0.500. The van der Waals surface area contributed by atoms with Gasteiger partial charge in [-0.1, -0.05) is 38.0 Å². The van der Waals surface area contributed by atoms with E-state index in [2.05, 4.69) is 39.8 Å². The lowest BCUT2D eigenvalue weighted by Crippen LogP contribution is -2.22. The van der Waals surface area contributed by atoms with E-state index < -0.39 is 0 Å². The van der Waals surface area contributed by atoms with E-state index in [-0.39, 0.29) is 13.1 Å². The maximum atomic E-state index is 4.71. The molecule has 0 spiro atoms. The summed E-state index contributed by atoms with van der Waals surface area (Å²) in [5, 5.41) is 1.95.